The van der Waals surface area contributed by atoms with E-state index in [0.717, 1.165) is 4.90 Å². The first kappa shape index (κ1) is 19.4. The summed E-state index contributed by atoms with van der Waals surface area (Å²) in [5.74, 6) is -1.91. The zero-order chi connectivity index (χ0) is 20.1. The lowest BCUT2D eigenvalue weighted by atomic mass is 10.1. The number of hydrogen-bond donors (Lipinski definition) is 0. The van der Waals surface area contributed by atoms with Gasteiger partial charge < -0.3 is 9.47 Å². The van der Waals surface area contributed by atoms with Gasteiger partial charge in [-0.25, -0.2) is 4.79 Å². The van der Waals surface area contributed by atoms with Gasteiger partial charge in [0.1, 0.15) is 0 Å². The van der Waals surface area contributed by atoms with Crippen LogP contribution in [0.2, 0.25) is 0 Å². The summed E-state index contributed by atoms with van der Waals surface area (Å²) in [4.78, 5) is 50.3. The molecule has 0 spiro atoms. The summed E-state index contributed by atoms with van der Waals surface area (Å²) in [6.07, 6.45) is 0.526. The molecule has 144 valence electrons. The topological polar surface area (TPSA) is 90.0 Å². The summed E-state index contributed by atoms with van der Waals surface area (Å²) in [6, 6.07) is 12.7. The smallest absolute Gasteiger partial charge is 0.338 e. The Morgan fingerprint density at radius 3 is 2.36 bits per heavy atom. The van der Waals surface area contributed by atoms with Crippen molar-refractivity contribution in [1.82, 2.24) is 4.90 Å². The number of ketones is 1. The highest BCUT2D eigenvalue weighted by Gasteiger charge is 2.35. The van der Waals surface area contributed by atoms with Gasteiger partial charge >= 0.3 is 5.97 Å². The first-order valence-electron chi connectivity index (χ1n) is 8.77. The Morgan fingerprint density at radius 1 is 0.929 bits per heavy atom. The molecule has 2 aromatic carbocycles. The highest BCUT2D eigenvalue weighted by Crippen LogP contribution is 2.24. The Hall–Kier alpha value is -3.32. The van der Waals surface area contributed by atoms with E-state index in [0.29, 0.717) is 18.6 Å². The maximum absolute atomic E-state index is 12.5. The number of ether oxygens (including phenoxy) is 2. The zero-order valence-corrected chi connectivity index (χ0v) is 15.3. The normalized spacial score (nSPS) is 12.8. The molecule has 28 heavy (non-hydrogen) atoms. The van der Waals surface area contributed by atoms with Gasteiger partial charge in [0.25, 0.3) is 11.8 Å². The second-order valence-corrected chi connectivity index (χ2v) is 6.23. The zero-order valence-electron chi connectivity index (χ0n) is 15.3. The van der Waals surface area contributed by atoms with Crippen LogP contribution < -0.4 is 0 Å². The van der Waals surface area contributed by atoms with Gasteiger partial charge in [-0.2, -0.15) is 0 Å². The summed E-state index contributed by atoms with van der Waals surface area (Å²) >= 11 is 0. The minimum atomic E-state index is -0.731. The second kappa shape index (κ2) is 8.58. The van der Waals surface area contributed by atoms with E-state index in [2.05, 4.69) is 0 Å². The summed E-state index contributed by atoms with van der Waals surface area (Å²) in [5.41, 5.74) is 0.960. The number of methoxy groups -OCH3 is 1. The number of Topliss-reactive ketones (excluding diaryl/α,β-unsaturated/α-hetero) is 1. The SMILES string of the molecule is COCCCN1C(=O)c2ccc(C(=O)OCC(=O)c3ccccc3)cc2C1=O. The molecule has 1 aliphatic rings. The summed E-state index contributed by atoms with van der Waals surface area (Å²) in [5, 5.41) is 0. The van der Waals surface area contributed by atoms with E-state index >= 15 is 0 Å². The van der Waals surface area contributed by atoms with Crippen molar-refractivity contribution in [3.05, 3.63) is 70.8 Å². The number of carbonyl (C=O) groups excluding carboxylic acids is 4. The predicted octanol–water partition coefficient (Wildman–Crippen LogP) is 2.36. The fourth-order valence-corrected chi connectivity index (χ4v) is 2.91. The van der Waals surface area contributed by atoms with E-state index in [1.807, 2.05) is 0 Å². The standard InChI is InChI=1S/C21H19NO6/c1-27-11-5-10-22-19(24)16-9-8-15(12-17(16)20(22)25)21(26)28-13-18(23)14-6-3-2-4-7-14/h2-4,6-9,12H,5,10-11,13H2,1H3. The van der Waals surface area contributed by atoms with E-state index in [-0.39, 0.29) is 29.0 Å². The molecule has 0 aliphatic carbocycles. The van der Waals surface area contributed by atoms with Crippen molar-refractivity contribution in [2.75, 3.05) is 26.9 Å². The van der Waals surface area contributed by atoms with Crippen LogP contribution in [-0.4, -0.2) is 55.3 Å². The van der Waals surface area contributed by atoms with Crippen LogP contribution in [0.1, 0.15) is 47.9 Å². The molecular weight excluding hydrogens is 362 g/mol. The molecule has 0 saturated heterocycles. The third-order valence-corrected chi connectivity index (χ3v) is 4.37. The monoisotopic (exact) mass is 381 g/mol. The number of benzene rings is 2. The molecule has 0 bridgehead atoms. The molecule has 0 fully saturated rings. The van der Waals surface area contributed by atoms with Crippen molar-refractivity contribution in [1.29, 1.82) is 0 Å². The number of esters is 1. The van der Waals surface area contributed by atoms with Crippen LogP contribution in [-0.2, 0) is 9.47 Å². The third kappa shape index (κ3) is 3.99. The maximum Gasteiger partial charge on any atom is 0.338 e. The first-order valence-corrected chi connectivity index (χ1v) is 8.77. The lowest BCUT2D eigenvalue weighted by Gasteiger charge is -2.12. The average molecular weight is 381 g/mol. The van der Waals surface area contributed by atoms with E-state index in [1.54, 1.807) is 37.4 Å². The lowest BCUT2D eigenvalue weighted by Crippen LogP contribution is -2.31. The number of imide groups is 1. The van der Waals surface area contributed by atoms with Crippen LogP contribution in [0.25, 0.3) is 0 Å². The van der Waals surface area contributed by atoms with Gasteiger partial charge in [-0.15, -0.1) is 0 Å². The van der Waals surface area contributed by atoms with Gasteiger partial charge in [-0.1, -0.05) is 30.3 Å². The van der Waals surface area contributed by atoms with Crippen LogP contribution in [0.3, 0.4) is 0 Å². The molecule has 7 nitrogen and oxygen atoms in total. The number of nitrogens with zero attached hydrogens (tertiary/aromatic N) is 1. The summed E-state index contributed by atoms with van der Waals surface area (Å²) in [6.45, 7) is 0.266. The van der Waals surface area contributed by atoms with Gasteiger partial charge in [0.15, 0.2) is 12.4 Å². The third-order valence-electron chi connectivity index (χ3n) is 4.37. The van der Waals surface area contributed by atoms with E-state index < -0.39 is 24.4 Å². The Labute approximate surface area is 161 Å². The average Bonchev–Trinajstić information content (AvgIpc) is 2.96. The Morgan fingerprint density at radius 2 is 1.64 bits per heavy atom. The number of amides is 2. The number of hydrogen-bond acceptors (Lipinski definition) is 6. The van der Waals surface area contributed by atoms with E-state index in [4.69, 9.17) is 9.47 Å². The highest BCUT2D eigenvalue weighted by molar-refractivity contribution is 6.22. The molecule has 1 heterocycles. The van der Waals surface area contributed by atoms with Gasteiger partial charge in [0.05, 0.1) is 16.7 Å². The van der Waals surface area contributed by atoms with E-state index in [1.165, 1.54) is 18.2 Å². The number of carbonyl (C=O) groups is 4. The van der Waals surface area contributed by atoms with E-state index in [9.17, 15) is 19.2 Å². The number of fused-ring (bicyclic) bond motifs is 1. The minimum absolute atomic E-state index is 0.111. The summed E-state index contributed by atoms with van der Waals surface area (Å²) < 4.78 is 10.00. The Kier molecular flexibility index (Phi) is 5.96. The lowest BCUT2D eigenvalue weighted by molar-refractivity contribution is 0.0474. The molecular formula is C21H19NO6. The van der Waals surface area contributed by atoms with Crippen molar-refractivity contribution in [2.45, 2.75) is 6.42 Å². The van der Waals surface area contributed by atoms with Gasteiger partial charge in [0.2, 0.25) is 0 Å². The molecule has 0 unspecified atom stereocenters. The molecule has 0 atom stereocenters. The molecule has 0 radical (unpaired) electrons. The van der Waals surface area contributed by atoms with Crippen molar-refractivity contribution in [3.8, 4) is 0 Å². The molecule has 1 aliphatic heterocycles. The van der Waals surface area contributed by atoms with Crippen LogP contribution >= 0.6 is 0 Å². The molecule has 0 N–H and O–H groups in total. The van der Waals surface area contributed by atoms with Crippen LogP contribution in [0, 0.1) is 0 Å². The van der Waals surface area contributed by atoms with Crippen molar-refractivity contribution in [3.63, 3.8) is 0 Å². The molecule has 0 saturated carbocycles. The molecule has 3 rings (SSSR count). The molecule has 7 heteroatoms. The first-order chi connectivity index (χ1) is 13.5. The predicted molar refractivity (Wildman–Crippen MR) is 99.4 cm³/mol. The van der Waals surface area contributed by atoms with Crippen LogP contribution in [0.4, 0.5) is 0 Å². The minimum Gasteiger partial charge on any atom is -0.454 e. The largest absolute Gasteiger partial charge is 0.454 e. The fourth-order valence-electron chi connectivity index (χ4n) is 2.91. The number of rotatable bonds is 8. The van der Waals surface area contributed by atoms with Crippen molar-refractivity contribution >= 4 is 23.6 Å². The molecule has 0 aromatic heterocycles. The maximum atomic E-state index is 12.5. The van der Waals surface area contributed by atoms with Gasteiger partial charge in [-0.3, -0.25) is 19.3 Å². The Bertz CT molecular complexity index is 922. The van der Waals surface area contributed by atoms with Crippen molar-refractivity contribution in [2.24, 2.45) is 0 Å². The summed E-state index contributed by atoms with van der Waals surface area (Å²) in [7, 11) is 1.54. The highest BCUT2D eigenvalue weighted by atomic mass is 16.5. The quantitative estimate of drug-likeness (QED) is 0.302. The van der Waals surface area contributed by atoms with Gasteiger partial charge in [0, 0.05) is 25.8 Å². The Balaban J connectivity index is 1.67. The molecule has 2 aromatic rings. The fraction of sp³-hybridized carbons (Fsp3) is 0.238. The van der Waals surface area contributed by atoms with Crippen LogP contribution in [0.15, 0.2) is 48.5 Å². The molecule has 2 amide bonds. The van der Waals surface area contributed by atoms with Crippen LogP contribution in [0.5, 0.6) is 0 Å². The second-order valence-electron chi connectivity index (χ2n) is 6.23. The van der Waals surface area contributed by atoms with Crippen molar-refractivity contribution < 1.29 is 28.7 Å². The van der Waals surface area contributed by atoms with Gasteiger partial charge in [-0.05, 0) is 24.6 Å².